The topological polar surface area (TPSA) is 50.8 Å². The summed E-state index contributed by atoms with van der Waals surface area (Å²) in [6, 6.07) is 10.4. The van der Waals surface area contributed by atoms with Crippen LogP contribution in [-0.4, -0.2) is 36.6 Å². The molecule has 0 heterocycles. The van der Waals surface area contributed by atoms with Crippen LogP contribution in [0.5, 0.6) is 5.75 Å². The number of guanidine groups is 1. The summed E-state index contributed by atoms with van der Waals surface area (Å²) in [5.41, 5.74) is 5.92. The van der Waals surface area contributed by atoms with Crippen LogP contribution in [0.4, 0.5) is 0 Å². The van der Waals surface area contributed by atoms with E-state index in [4.69, 9.17) is 10.5 Å². The van der Waals surface area contributed by atoms with Gasteiger partial charge in [0.1, 0.15) is 11.9 Å². The summed E-state index contributed by atoms with van der Waals surface area (Å²) in [6.07, 6.45) is 2.48. The first-order valence-corrected chi connectivity index (χ1v) is 6.41. The molecule has 1 unspecified atom stereocenters. The van der Waals surface area contributed by atoms with Crippen LogP contribution in [0.3, 0.4) is 0 Å². The molecule has 1 saturated carbocycles. The second kappa shape index (κ2) is 7.57. The number of hydrogen-bond acceptors (Lipinski definition) is 2. The normalized spacial score (nSPS) is 16.4. The SMILES string of the molecule is CC(CN=C(N)N(C)C1CC1)Oc1ccccc1.I. The van der Waals surface area contributed by atoms with Crippen molar-refractivity contribution in [2.45, 2.75) is 31.9 Å². The van der Waals surface area contributed by atoms with Crippen molar-refractivity contribution < 1.29 is 4.74 Å². The number of halogens is 1. The molecule has 2 rings (SSSR count). The Bertz CT molecular complexity index is 406. The Morgan fingerprint density at radius 1 is 1.42 bits per heavy atom. The lowest BCUT2D eigenvalue weighted by Crippen LogP contribution is -2.36. The van der Waals surface area contributed by atoms with E-state index in [1.807, 2.05) is 44.3 Å². The highest BCUT2D eigenvalue weighted by Crippen LogP contribution is 2.24. The van der Waals surface area contributed by atoms with Gasteiger partial charge in [0.05, 0.1) is 6.54 Å². The molecule has 0 radical (unpaired) electrons. The van der Waals surface area contributed by atoms with Gasteiger partial charge in [-0.2, -0.15) is 0 Å². The van der Waals surface area contributed by atoms with Crippen LogP contribution >= 0.6 is 24.0 Å². The van der Waals surface area contributed by atoms with E-state index in [1.54, 1.807) is 0 Å². The minimum atomic E-state index is 0. The lowest BCUT2D eigenvalue weighted by Gasteiger charge is -2.18. The molecule has 106 valence electrons. The zero-order valence-electron chi connectivity index (χ0n) is 11.5. The quantitative estimate of drug-likeness (QED) is 0.489. The Hall–Kier alpha value is -0.980. The fraction of sp³-hybridized carbons (Fsp3) is 0.500. The van der Waals surface area contributed by atoms with Crippen LogP contribution in [0.25, 0.3) is 0 Å². The highest BCUT2D eigenvalue weighted by atomic mass is 127. The zero-order valence-corrected chi connectivity index (χ0v) is 13.8. The van der Waals surface area contributed by atoms with Gasteiger partial charge in [0, 0.05) is 13.1 Å². The van der Waals surface area contributed by atoms with Crippen LogP contribution < -0.4 is 10.5 Å². The number of ether oxygens (including phenoxy) is 1. The third-order valence-electron chi connectivity index (χ3n) is 3.05. The average Bonchev–Trinajstić information content (AvgIpc) is 3.20. The molecule has 1 aromatic carbocycles. The summed E-state index contributed by atoms with van der Waals surface area (Å²) in [5.74, 6) is 1.48. The molecule has 4 nitrogen and oxygen atoms in total. The molecule has 0 bridgehead atoms. The monoisotopic (exact) mass is 375 g/mol. The fourth-order valence-electron chi connectivity index (χ4n) is 1.75. The second-order valence-electron chi connectivity index (χ2n) is 4.78. The van der Waals surface area contributed by atoms with Crippen molar-refractivity contribution in [1.82, 2.24) is 4.90 Å². The Morgan fingerprint density at radius 2 is 2.05 bits per heavy atom. The van der Waals surface area contributed by atoms with E-state index >= 15 is 0 Å². The maximum absolute atomic E-state index is 5.92. The van der Waals surface area contributed by atoms with Gasteiger partial charge >= 0.3 is 0 Å². The maximum atomic E-state index is 5.92. The molecule has 0 saturated heterocycles. The van der Waals surface area contributed by atoms with Gasteiger partial charge in [0.15, 0.2) is 5.96 Å². The largest absolute Gasteiger partial charge is 0.489 e. The van der Waals surface area contributed by atoms with Gasteiger partial charge in [-0.3, -0.25) is 0 Å². The van der Waals surface area contributed by atoms with Gasteiger partial charge in [-0.1, -0.05) is 18.2 Å². The molecule has 1 atom stereocenters. The van der Waals surface area contributed by atoms with Gasteiger partial charge in [-0.05, 0) is 31.9 Å². The van der Waals surface area contributed by atoms with Crippen LogP contribution in [0.1, 0.15) is 19.8 Å². The molecular weight excluding hydrogens is 353 g/mol. The van der Waals surface area contributed by atoms with E-state index in [-0.39, 0.29) is 30.1 Å². The van der Waals surface area contributed by atoms with Gasteiger partial charge in [0.25, 0.3) is 0 Å². The summed E-state index contributed by atoms with van der Waals surface area (Å²) < 4.78 is 5.74. The summed E-state index contributed by atoms with van der Waals surface area (Å²) in [5, 5.41) is 0. The summed E-state index contributed by atoms with van der Waals surface area (Å²) in [6.45, 7) is 2.58. The summed E-state index contributed by atoms with van der Waals surface area (Å²) in [4.78, 5) is 6.43. The molecule has 1 aromatic rings. The summed E-state index contributed by atoms with van der Waals surface area (Å²) >= 11 is 0. The van der Waals surface area contributed by atoms with Crippen LogP contribution in [0.2, 0.25) is 0 Å². The molecule has 0 amide bonds. The van der Waals surface area contributed by atoms with Crippen LogP contribution in [0.15, 0.2) is 35.3 Å². The van der Waals surface area contributed by atoms with Crippen molar-refractivity contribution in [1.29, 1.82) is 0 Å². The minimum absolute atomic E-state index is 0. The van der Waals surface area contributed by atoms with E-state index in [0.717, 1.165) is 5.75 Å². The number of rotatable bonds is 5. The number of aliphatic imine (C=N–C) groups is 1. The standard InChI is InChI=1S/C14H21N3O.HI/c1-11(18-13-6-4-3-5-7-13)10-16-14(15)17(2)12-8-9-12;/h3-7,11-12H,8-10H2,1-2H3,(H2,15,16);1H. The van der Waals surface area contributed by atoms with E-state index in [2.05, 4.69) is 9.89 Å². The first kappa shape index (κ1) is 16.1. The molecular formula is C14H22IN3O. The van der Waals surface area contributed by atoms with Crippen molar-refractivity contribution in [3.8, 4) is 5.75 Å². The van der Waals surface area contributed by atoms with E-state index in [1.165, 1.54) is 12.8 Å². The van der Waals surface area contributed by atoms with Gasteiger partial charge < -0.3 is 15.4 Å². The fourth-order valence-corrected chi connectivity index (χ4v) is 1.75. The summed E-state index contributed by atoms with van der Waals surface area (Å²) in [7, 11) is 2.00. The first-order valence-electron chi connectivity index (χ1n) is 6.41. The molecule has 19 heavy (non-hydrogen) atoms. The van der Waals surface area contributed by atoms with Crippen molar-refractivity contribution >= 4 is 29.9 Å². The molecule has 2 N–H and O–H groups in total. The smallest absolute Gasteiger partial charge is 0.191 e. The van der Waals surface area contributed by atoms with Crippen molar-refractivity contribution in [3.05, 3.63) is 30.3 Å². The number of benzene rings is 1. The average molecular weight is 375 g/mol. The van der Waals surface area contributed by atoms with Crippen molar-refractivity contribution in [2.24, 2.45) is 10.7 Å². The first-order chi connectivity index (χ1) is 8.66. The second-order valence-corrected chi connectivity index (χ2v) is 4.78. The third kappa shape index (κ3) is 5.26. The highest BCUT2D eigenvalue weighted by Gasteiger charge is 2.27. The van der Waals surface area contributed by atoms with E-state index in [0.29, 0.717) is 18.5 Å². The number of nitrogens with two attached hydrogens (primary N) is 1. The van der Waals surface area contributed by atoms with Crippen LogP contribution in [-0.2, 0) is 0 Å². The molecule has 0 spiro atoms. The van der Waals surface area contributed by atoms with Crippen molar-refractivity contribution in [3.63, 3.8) is 0 Å². The van der Waals surface area contributed by atoms with E-state index < -0.39 is 0 Å². The molecule has 1 aliphatic rings. The predicted molar refractivity (Wildman–Crippen MR) is 89.2 cm³/mol. The zero-order chi connectivity index (χ0) is 13.0. The minimum Gasteiger partial charge on any atom is -0.489 e. The Morgan fingerprint density at radius 3 is 2.63 bits per heavy atom. The Labute approximate surface area is 132 Å². The van der Waals surface area contributed by atoms with Crippen molar-refractivity contribution in [2.75, 3.05) is 13.6 Å². The lowest BCUT2D eigenvalue weighted by molar-refractivity contribution is 0.230. The molecule has 0 aromatic heterocycles. The third-order valence-corrected chi connectivity index (χ3v) is 3.05. The number of hydrogen-bond donors (Lipinski definition) is 1. The predicted octanol–water partition coefficient (Wildman–Crippen LogP) is 2.48. The highest BCUT2D eigenvalue weighted by molar-refractivity contribution is 14.0. The van der Waals surface area contributed by atoms with Gasteiger partial charge in [-0.15, -0.1) is 24.0 Å². The van der Waals surface area contributed by atoms with Gasteiger partial charge in [0.2, 0.25) is 0 Å². The molecule has 0 aliphatic heterocycles. The number of nitrogens with zero attached hydrogens (tertiary/aromatic N) is 2. The molecule has 5 heteroatoms. The Balaban J connectivity index is 0.00000180. The van der Waals surface area contributed by atoms with Gasteiger partial charge in [-0.25, -0.2) is 4.99 Å². The molecule has 1 fully saturated rings. The number of para-hydroxylation sites is 1. The lowest BCUT2D eigenvalue weighted by atomic mass is 10.3. The molecule has 1 aliphatic carbocycles. The maximum Gasteiger partial charge on any atom is 0.191 e. The Kier molecular flexibility index (Phi) is 6.41. The van der Waals surface area contributed by atoms with Crippen LogP contribution in [0, 0.1) is 0 Å². The van der Waals surface area contributed by atoms with E-state index in [9.17, 15) is 0 Å².